The van der Waals surface area contributed by atoms with Gasteiger partial charge >= 0.3 is 11.9 Å². The van der Waals surface area contributed by atoms with E-state index in [0.717, 1.165) is 12.7 Å². The fourth-order valence-electron chi connectivity index (χ4n) is 2.51. The van der Waals surface area contributed by atoms with Gasteiger partial charge in [0.2, 0.25) is 5.54 Å². The Morgan fingerprint density at radius 2 is 2.09 bits per heavy atom. The van der Waals surface area contributed by atoms with Crippen LogP contribution in [0.2, 0.25) is 0 Å². The molecule has 126 valence electrons. The minimum Gasteiger partial charge on any atom is -0.479 e. The number of hydrogen-bond donors (Lipinski definition) is 2. The largest absolute Gasteiger partial charge is 0.479 e. The van der Waals surface area contributed by atoms with Gasteiger partial charge in [-0.2, -0.15) is 0 Å². The molecule has 2 N–H and O–H groups in total. The number of sulfone groups is 1. The number of carboxylic acids is 1. The average Bonchev–Trinajstić information content (AvgIpc) is 2.86. The standard InChI is InChI=1S/C15H19NO6S/c1-3-4-7-22-14(19)15(13(17)18)12-6-5-11(23(2,20)21)8-10(12)9-16-15/h5-6,8,16H,3-4,7,9H2,1-2H3,(H,17,18). The molecule has 1 aromatic rings. The third-order valence-corrected chi connectivity index (χ3v) is 4.92. The summed E-state index contributed by atoms with van der Waals surface area (Å²) in [4.78, 5) is 24.2. The quantitative estimate of drug-likeness (QED) is 0.448. The second kappa shape index (κ2) is 6.29. The van der Waals surface area contributed by atoms with Gasteiger partial charge in [-0.15, -0.1) is 0 Å². The highest BCUT2D eigenvalue weighted by atomic mass is 32.2. The van der Waals surface area contributed by atoms with Crippen molar-refractivity contribution in [3.8, 4) is 0 Å². The number of rotatable bonds is 6. The van der Waals surface area contributed by atoms with Gasteiger partial charge in [0.05, 0.1) is 11.5 Å². The summed E-state index contributed by atoms with van der Waals surface area (Å²) in [5, 5.41) is 12.3. The summed E-state index contributed by atoms with van der Waals surface area (Å²) in [5.41, 5.74) is -1.30. The topological polar surface area (TPSA) is 110 Å². The van der Waals surface area contributed by atoms with E-state index in [1.54, 1.807) is 0 Å². The molecule has 1 aromatic carbocycles. The van der Waals surface area contributed by atoms with Gasteiger partial charge in [-0.25, -0.2) is 18.0 Å². The lowest BCUT2D eigenvalue weighted by Gasteiger charge is -2.23. The number of fused-ring (bicyclic) bond motifs is 1. The number of carbonyl (C=O) groups is 2. The Labute approximate surface area is 134 Å². The summed E-state index contributed by atoms with van der Waals surface area (Å²) in [6.45, 7) is 2.15. The van der Waals surface area contributed by atoms with Crippen molar-refractivity contribution >= 4 is 21.8 Å². The van der Waals surface area contributed by atoms with Crippen LogP contribution in [0.5, 0.6) is 0 Å². The van der Waals surface area contributed by atoms with Crippen molar-refractivity contribution in [2.24, 2.45) is 0 Å². The Morgan fingerprint density at radius 1 is 1.39 bits per heavy atom. The second-order valence-corrected chi connectivity index (χ2v) is 7.51. The van der Waals surface area contributed by atoms with Crippen LogP contribution in [0, 0.1) is 0 Å². The van der Waals surface area contributed by atoms with Gasteiger partial charge in [-0.05, 0) is 29.7 Å². The van der Waals surface area contributed by atoms with Crippen molar-refractivity contribution in [2.45, 2.75) is 36.7 Å². The Morgan fingerprint density at radius 3 is 2.65 bits per heavy atom. The van der Waals surface area contributed by atoms with E-state index in [-0.39, 0.29) is 23.6 Å². The molecule has 0 aromatic heterocycles. The normalized spacial score (nSPS) is 20.1. The molecule has 2 rings (SSSR count). The lowest BCUT2D eigenvalue weighted by Crippen LogP contribution is -2.52. The molecule has 1 aliphatic rings. The van der Waals surface area contributed by atoms with Crippen LogP contribution in [0.3, 0.4) is 0 Å². The van der Waals surface area contributed by atoms with Gasteiger partial charge in [0.25, 0.3) is 0 Å². The third kappa shape index (κ3) is 3.09. The average molecular weight is 341 g/mol. The molecular formula is C15H19NO6S. The summed E-state index contributed by atoms with van der Waals surface area (Å²) in [5.74, 6) is -2.26. The van der Waals surface area contributed by atoms with E-state index in [1.807, 2.05) is 6.92 Å². The highest BCUT2D eigenvalue weighted by Crippen LogP contribution is 2.34. The minimum absolute atomic E-state index is 0.0773. The number of unbranched alkanes of at least 4 members (excludes halogenated alkanes) is 1. The summed E-state index contributed by atoms with van der Waals surface area (Å²) in [6.07, 6.45) is 2.52. The van der Waals surface area contributed by atoms with Gasteiger partial charge in [-0.1, -0.05) is 19.4 Å². The molecule has 0 amide bonds. The van der Waals surface area contributed by atoms with Crippen molar-refractivity contribution in [3.05, 3.63) is 29.3 Å². The van der Waals surface area contributed by atoms with Crippen molar-refractivity contribution in [3.63, 3.8) is 0 Å². The Bertz CT molecular complexity index is 742. The molecule has 0 saturated heterocycles. The first-order valence-corrected chi connectivity index (χ1v) is 9.11. The Hall–Kier alpha value is -1.93. The maximum absolute atomic E-state index is 12.3. The number of nitrogens with one attached hydrogen (secondary N) is 1. The van der Waals surface area contributed by atoms with E-state index in [1.165, 1.54) is 18.2 Å². The lowest BCUT2D eigenvalue weighted by atomic mass is 9.90. The van der Waals surface area contributed by atoms with Crippen LogP contribution in [0.25, 0.3) is 0 Å². The molecule has 0 bridgehead atoms. The smallest absolute Gasteiger partial charge is 0.342 e. The fourth-order valence-corrected chi connectivity index (χ4v) is 3.19. The summed E-state index contributed by atoms with van der Waals surface area (Å²) >= 11 is 0. The molecule has 0 radical (unpaired) electrons. The maximum Gasteiger partial charge on any atom is 0.342 e. The third-order valence-electron chi connectivity index (χ3n) is 3.81. The molecule has 0 fully saturated rings. The monoisotopic (exact) mass is 341 g/mol. The van der Waals surface area contributed by atoms with Crippen LogP contribution >= 0.6 is 0 Å². The predicted octanol–water partition coefficient (Wildman–Crippen LogP) is 0.816. The molecular weight excluding hydrogens is 322 g/mol. The predicted molar refractivity (Wildman–Crippen MR) is 81.6 cm³/mol. The van der Waals surface area contributed by atoms with Gasteiger partial charge in [0.1, 0.15) is 0 Å². The highest BCUT2D eigenvalue weighted by molar-refractivity contribution is 7.90. The molecule has 1 heterocycles. The Balaban J connectivity index is 2.43. The highest BCUT2D eigenvalue weighted by Gasteiger charge is 2.53. The minimum atomic E-state index is -3.41. The zero-order chi connectivity index (χ0) is 17.3. The molecule has 0 spiro atoms. The van der Waals surface area contributed by atoms with E-state index in [2.05, 4.69) is 5.32 Å². The molecule has 0 saturated carbocycles. The van der Waals surface area contributed by atoms with Crippen LogP contribution < -0.4 is 5.32 Å². The van der Waals surface area contributed by atoms with Gasteiger partial charge in [0.15, 0.2) is 9.84 Å². The maximum atomic E-state index is 12.3. The van der Waals surface area contributed by atoms with Crippen LogP contribution in [-0.2, 0) is 36.2 Å². The van der Waals surface area contributed by atoms with E-state index in [0.29, 0.717) is 12.0 Å². The van der Waals surface area contributed by atoms with Gasteiger partial charge in [-0.3, -0.25) is 5.32 Å². The summed E-state index contributed by atoms with van der Waals surface area (Å²) in [7, 11) is -3.41. The zero-order valence-electron chi connectivity index (χ0n) is 13.0. The van der Waals surface area contributed by atoms with Crippen molar-refractivity contribution < 1.29 is 27.9 Å². The molecule has 1 aliphatic heterocycles. The number of esters is 1. The molecule has 0 aliphatic carbocycles. The van der Waals surface area contributed by atoms with Crippen LogP contribution in [0.4, 0.5) is 0 Å². The van der Waals surface area contributed by atoms with E-state index >= 15 is 0 Å². The number of carbonyl (C=O) groups excluding carboxylic acids is 1. The van der Waals surface area contributed by atoms with Gasteiger partial charge < -0.3 is 9.84 Å². The first-order chi connectivity index (χ1) is 10.7. The Kier molecular flexibility index (Phi) is 4.76. The number of benzene rings is 1. The molecule has 23 heavy (non-hydrogen) atoms. The molecule has 1 unspecified atom stereocenters. The van der Waals surface area contributed by atoms with Gasteiger partial charge in [0, 0.05) is 12.8 Å². The van der Waals surface area contributed by atoms with Crippen molar-refractivity contribution in [1.29, 1.82) is 0 Å². The zero-order valence-corrected chi connectivity index (χ0v) is 13.8. The number of carboxylic acid groups (broad SMARTS) is 1. The number of hydrogen-bond acceptors (Lipinski definition) is 6. The van der Waals surface area contributed by atoms with E-state index < -0.39 is 27.3 Å². The summed E-state index contributed by atoms with van der Waals surface area (Å²) < 4.78 is 28.3. The van der Waals surface area contributed by atoms with E-state index in [4.69, 9.17) is 4.74 Å². The van der Waals surface area contributed by atoms with E-state index in [9.17, 15) is 23.1 Å². The van der Waals surface area contributed by atoms with Crippen LogP contribution in [0.1, 0.15) is 30.9 Å². The van der Waals surface area contributed by atoms with Crippen molar-refractivity contribution in [1.82, 2.24) is 5.32 Å². The lowest BCUT2D eigenvalue weighted by molar-refractivity contribution is -0.163. The number of aliphatic carboxylic acids is 1. The first-order valence-electron chi connectivity index (χ1n) is 7.22. The molecule has 8 heteroatoms. The van der Waals surface area contributed by atoms with Crippen LogP contribution in [-0.4, -0.2) is 38.3 Å². The fraction of sp³-hybridized carbons (Fsp3) is 0.467. The number of ether oxygens (including phenoxy) is 1. The first kappa shape index (κ1) is 17.4. The SMILES string of the molecule is CCCCOC(=O)C1(C(=O)O)NCc2cc(S(C)(=O)=O)ccc21. The molecule has 7 nitrogen and oxygen atoms in total. The van der Waals surface area contributed by atoms with Crippen LogP contribution in [0.15, 0.2) is 23.1 Å². The summed E-state index contributed by atoms with van der Waals surface area (Å²) in [6, 6.07) is 4.06. The molecule has 1 atom stereocenters. The second-order valence-electron chi connectivity index (χ2n) is 5.49. The van der Waals surface area contributed by atoms with Crippen molar-refractivity contribution in [2.75, 3.05) is 12.9 Å².